The fraction of sp³-hybridized carbons (Fsp3) is 0.222. The highest BCUT2D eigenvalue weighted by molar-refractivity contribution is 9.10. The van der Waals surface area contributed by atoms with Gasteiger partial charge in [0.1, 0.15) is 0 Å². The summed E-state index contributed by atoms with van der Waals surface area (Å²) < 4.78 is 1.16. The molecule has 0 spiro atoms. The molecule has 1 N–H and O–H groups in total. The fourth-order valence-electron chi connectivity index (χ4n) is 2.70. The predicted molar refractivity (Wildman–Crippen MR) is 87.9 cm³/mol. The topological polar surface area (TPSA) is 12.0 Å². The molecule has 2 aromatic rings. The molecule has 2 aromatic carbocycles. The summed E-state index contributed by atoms with van der Waals surface area (Å²) in [4.78, 5) is 0. The molecule has 0 aliphatic heterocycles. The van der Waals surface area contributed by atoms with Gasteiger partial charge in [-0.25, -0.2) is 0 Å². The molecule has 0 radical (unpaired) electrons. The van der Waals surface area contributed by atoms with Crippen LogP contribution < -0.4 is 5.32 Å². The average Bonchev–Trinajstić information content (AvgIpc) is 2.42. The maximum Gasteiger partial charge on any atom is 0.0354 e. The molecule has 1 nitrogen and oxygen atoms in total. The molecule has 0 saturated heterocycles. The molecule has 0 bridgehead atoms. The summed E-state index contributed by atoms with van der Waals surface area (Å²) in [6.45, 7) is 0. The Bertz CT molecular complexity index is 650. The van der Waals surface area contributed by atoms with E-state index < -0.39 is 0 Å². The van der Waals surface area contributed by atoms with Gasteiger partial charge >= 0.3 is 0 Å². The van der Waals surface area contributed by atoms with Gasteiger partial charge in [-0.2, -0.15) is 0 Å². The van der Waals surface area contributed by atoms with Crippen molar-refractivity contribution in [2.24, 2.45) is 0 Å². The van der Waals surface area contributed by atoms with Crippen LogP contribution in [0.25, 0.3) is 0 Å². The molecule has 0 atom stereocenters. The molecular formula is C18H16BrN. The van der Waals surface area contributed by atoms with E-state index >= 15 is 0 Å². The van der Waals surface area contributed by atoms with E-state index in [1.165, 1.54) is 18.4 Å². The largest absolute Gasteiger partial charge is 0.382 e. The number of hydrogen-bond acceptors (Lipinski definition) is 1. The van der Waals surface area contributed by atoms with Crippen molar-refractivity contribution in [3.8, 4) is 12.3 Å². The van der Waals surface area contributed by atoms with Crippen molar-refractivity contribution in [3.63, 3.8) is 0 Å². The van der Waals surface area contributed by atoms with E-state index in [-0.39, 0.29) is 0 Å². The number of hydrogen-bond donors (Lipinski definition) is 1. The van der Waals surface area contributed by atoms with Crippen LogP contribution in [0.2, 0.25) is 0 Å². The molecule has 0 aromatic heterocycles. The van der Waals surface area contributed by atoms with Crippen molar-refractivity contribution in [1.29, 1.82) is 0 Å². The van der Waals surface area contributed by atoms with Gasteiger partial charge in [0.15, 0.2) is 0 Å². The number of anilines is 1. The van der Waals surface area contributed by atoms with Crippen molar-refractivity contribution in [3.05, 3.63) is 64.1 Å². The van der Waals surface area contributed by atoms with Crippen molar-refractivity contribution >= 4 is 21.6 Å². The molecule has 2 heteroatoms. The minimum absolute atomic E-state index is 0.548. The number of halogens is 1. The van der Waals surface area contributed by atoms with Crippen LogP contribution in [-0.4, -0.2) is 6.04 Å². The van der Waals surface area contributed by atoms with Crippen molar-refractivity contribution < 1.29 is 0 Å². The minimum atomic E-state index is 0.548. The zero-order chi connectivity index (χ0) is 13.9. The van der Waals surface area contributed by atoms with Gasteiger partial charge in [0.2, 0.25) is 0 Å². The molecular weight excluding hydrogens is 310 g/mol. The summed E-state index contributed by atoms with van der Waals surface area (Å²) in [5.41, 5.74) is 3.48. The Morgan fingerprint density at radius 3 is 2.65 bits per heavy atom. The van der Waals surface area contributed by atoms with Gasteiger partial charge < -0.3 is 5.32 Å². The van der Waals surface area contributed by atoms with Crippen molar-refractivity contribution in [2.75, 3.05) is 5.32 Å². The van der Waals surface area contributed by atoms with Crippen molar-refractivity contribution in [1.82, 2.24) is 0 Å². The highest BCUT2D eigenvalue weighted by Gasteiger charge is 2.30. The first kappa shape index (κ1) is 13.3. The number of benzene rings is 2. The van der Waals surface area contributed by atoms with Gasteiger partial charge in [-0.05, 0) is 54.7 Å². The summed E-state index contributed by atoms with van der Waals surface area (Å²) in [5, 5.41) is 3.56. The van der Waals surface area contributed by atoms with Crippen molar-refractivity contribution in [2.45, 2.75) is 24.8 Å². The zero-order valence-corrected chi connectivity index (χ0v) is 12.7. The summed E-state index contributed by atoms with van der Waals surface area (Å²) in [5.74, 6) is 3.34. The van der Waals surface area contributed by atoms with E-state index in [0.29, 0.717) is 12.0 Å². The van der Waals surface area contributed by atoms with Gasteiger partial charge in [0, 0.05) is 21.8 Å². The van der Waals surface area contributed by atoms with Crippen LogP contribution in [0.4, 0.5) is 5.69 Å². The Kier molecular flexibility index (Phi) is 3.80. The summed E-state index contributed by atoms with van der Waals surface area (Å²) in [6.07, 6.45) is 7.78. The van der Waals surface area contributed by atoms with E-state index in [1.54, 1.807) is 0 Å². The Morgan fingerprint density at radius 1 is 1.10 bits per heavy atom. The average molecular weight is 326 g/mol. The van der Waals surface area contributed by atoms with Crippen LogP contribution in [0.3, 0.4) is 0 Å². The van der Waals surface area contributed by atoms with E-state index in [4.69, 9.17) is 6.42 Å². The standard InChI is InChI=1S/C18H16BrN/c1-2-13-5-3-8-17(9-13)20-18-11-15(12-18)14-6-4-7-16(19)10-14/h1,3-10,15,18,20H,11-12H2. The van der Waals surface area contributed by atoms with E-state index in [2.05, 4.69) is 57.5 Å². The maximum absolute atomic E-state index is 5.43. The van der Waals surface area contributed by atoms with Crippen LogP contribution >= 0.6 is 15.9 Å². The Morgan fingerprint density at radius 2 is 1.90 bits per heavy atom. The normalized spacial score (nSPS) is 20.8. The smallest absolute Gasteiger partial charge is 0.0354 e. The highest BCUT2D eigenvalue weighted by atomic mass is 79.9. The van der Waals surface area contributed by atoms with Crippen LogP contribution in [0.5, 0.6) is 0 Å². The molecule has 100 valence electrons. The predicted octanol–water partition coefficient (Wildman–Crippen LogP) is 4.79. The SMILES string of the molecule is C#Cc1cccc(NC2CC(c3cccc(Br)c3)C2)c1. The molecule has 1 aliphatic carbocycles. The summed E-state index contributed by atoms with van der Waals surface area (Å²) in [6, 6.07) is 17.2. The lowest BCUT2D eigenvalue weighted by molar-refractivity contribution is 0.374. The third kappa shape index (κ3) is 2.89. The van der Waals surface area contributed by atoms with Gasteiger partial charge in [0.05, 0.1) is 0 Å². The van der Waals surface area contributed by atoms with E-state index in [1.807, 2.05) is 18.2 Å². The minimum Gasteiger partial charge on any atom is -0.382 e. The molecule has 1 aliphatic rings. The number of terminal acetylenes is 1. The van der Waals surface area contributed by atoms with Gasteiger partial charge in [0.25, 0.3) is 0 Å². The monoisotopic (exact) mass is 325 g/mol. The summed E-state index contributed by atoms with van der Waals surface area (Å²) >= 11 is 3.53. The lowest BCUT2D eigenvalue weighted by Crippen LogP contribution is -2.33. The van der Waals surface area contributed by atoms with Crippen LogP contribution in [-0.2, 0) is 0 Å². The lowest BCUT2D eigenvalue weighted by atomic mass is 9.76. The fourth-order valence-corrected chi connectivity index (χ4v) is 3.12. The third-order valence-electron chi connectivity index (χ3n) is 3.86. The first-order valence-corrected chi connectivity index (χ1v) is 7.62. The Labute approximate surface area is 128 Å². The molecule has 0 heterocycles. The maximum atomic E-state index is 5.43. The molecule has 1 fully saturated rings. The van der Waals surface area contributed by atoms with Crippen LogP contribution in [0, 0.1) is 12.3 Å². The second-order valence-electron chi connectivity index (χ2n) is 5.29. The summed E-state index contributed by atoms with van der Waals surface area (Å²) in [7, 11) is 0. The first-order chi connectivity index (χ1) is 9.74. The molecule has 1 saturated carbocycles. The molecule has 0 unspecified atom stereocenters. The number of rotatable bonds is 3. The quantitative estimate of drug-likeness (QED) is 0.800. The van der Waals surface area contributed by atoms with Crippen LogP contribution in [0.15, 0.2) is 53.0 Å². The van der Waals surface area contributed by atoms with E-state index in [0.717, 1.165) is 15.7 Å². The second-order valence-corrected chi connectivity index (χ2v) is 6.21. The molecule has 0 amide bonds. The Hall–Kier alpha value is -1.72. The number of nitrogens with one attached hydrogen (secondary N) is 1. The van der Waals surface area contributed by atoms with Crippen LogP contribution in [0.1, 0.15) is 29.9 Å². The van der Waals surface area contributed by atoms with Gasteiger partial charge in [-0.1, -0.05) is 40.0 Å². The molecule has 3 rings (SSSR count). The molecule has 20 heavy (non-hydrogen) atoms. The second kappa shape index (κ2) is 5.73. The van der Waals surface area contributed by atoms with Gasteiger partial charge in [-0.15, -0.1) is 6.42 Å². The lowest BCUT2D eigenvalue weighted by Gasteiger charge is -2.37. The first-order valence-electron chi connectivity index (χ1n) is 6.83. The van der Waals surface area contributed by atoms with E-state index in [9.17, 15) is 0 Å². The highest BCUT2D eigenvalue weighted by Crippen LogP contribution is 2.39. The Balaban J connectivity index is 1.59. The zero-order valence-electron chi connectivity index (χ0n) is 11.1. The third-order valence-corrected chi connectivity index (χ3v) is 4.35. The van der Waals surface area contributed by atoms with Gasteiger partial charge in [-0.3, -0.25) is 0 Å².